The van der Waals surface area contributed by atoms with Crippen LogP contribution in [-0.2, 0) is 17.8 Å². The van der Waals surface area contributed by atoms with E-state index in [9.17, 15) is 15.0 Å². The SMILES string of the molecule is CCOc1ccc2ccccc2c1CN(c1ncc2c(N)nc(N)nc2n1)C(Cc1ccccc1)C(O)C(=O)O. The molecule has 11 heteroatoms. The Morgan fingerprint density at radius 3 is 2.48 bits per heavy atom. The predicted octanol–water partition coefficient (Wildman–Crippen LogP) is 3.20. The molecule has 0 spiro atoms. The first-order valence-electron chi connectivity index (χ1n) is 12.8. The van der Waals surface area contributed by atoms with Crippen molar-refractivity contribution in [2.75, 3.05) is 23.0 Å². The summed E-state index contributed by atoms with van der Waals surface area (Å²) < 4.78 is 5.99. The molecule has 2 heterocycles. The van der Waals surface area contributed by atoms with Crippen molar-refractivity contribution in [3.05, 3.63) is 84.1 Å². The Balaban J connectivity index is 1.72. The summed E-state index contributed by atoms with van der Waals surface area (Å²) in [6.07, 6.45) is -0.109. The topological polar surface area (TPSA) is 174 Å². The van der Waals surface area contributed by atoms with E-state index in [1.165, 1.54) is 6.20 Å². The van der Waals surface area contributed by atoms with Crippen molar-refractivity contribution in [2.24, 2.45) is 0 Å². The summed E-state index contributed by atoms with van der Waals surface area (Å²) in [5, 5.41) is 23.3. The van der Waals surface area contributed by atoms with E-state index in [4.69, 9.17) is 16.2 Å². The van der Waals surface area contributed by atoms with E-state index in [1.807, 2.05) is 73.7 Å². The predicted molar refractivity (Wildman–Crippen MR) is 153 cm³/mol. The number of aliphatic carboxylic acids is 1. The molecule has 3 aromatic carbocycles. The van der Waals surface area contributed by atoms with Gasteiger partial charge in [-0.2, -0.15) is 15.0 Å². The minimum atomic E-state index is -1.77. The Labute approximate surface area is 230 Å². The molecule has 0 saturated carbocycles. The molecule has 0 radical (unpaired) electrons. The number of anilines is 3. The van der Waals surface area contributed by atoms with Crippen molar-refractivity contribution in [1.29, 1.82) is 0 Å². The fourth-order valence-corrected chi connectivity index (χ4v) is 4.77. The van der Waals surface area contributed by atoms with Crippen LogP contribution in [0.4, 0.5) is 17.7 Å². The number of aromatic nitrogens is 4. The van der Waals surface area contributed by atoms with Crippen LogP contribution in [0, 0.1) is 0 Å². The molecule has 5 aromatic rings. The Morgan fingerprint density at radius 1 is 0.975 bits per heavy atom. The van der Waals surface area contributed by atoms with Crippen LogP contribution < -0.4 is 21.1 Å². The van der Waals surface area contributed by atoms with Gasteiger partial charge in [0.25, 0.3) is 0 Å². The lowest BCUT2D eigenvalue weighted by atomic mass is 9.97. The molecule has 0 aliphatic heterocycles. The van der Waals surface area contributed by atoms with Crippen LogP contribution >= 0.6 is 0 Å². The molecule has 5 rings (SSSR count). The van der Waals surface area contributed by atoms with Crippen molar-refractivity contribution < 1.29 is 19.7 Å². The molecule has 2 aromatic heterocycles. The second-order valence-electron chi connectivity index (χ2n) is 9.24. The summed E-state index contributed by atoms with van der Waals surface area (Å²) in [6.45, 7) is 2.45. The van der Waals surface area contributed by atoms with Gasteiger partial charge in [-0.3, -0.25) is 0 Å². The van der Waals surface area contributed by atoms with Gasteiger partial charge in [0.15, 0.2) is 11.8 Å². The number of carboxylic acid groups (broad SMARTS) is 1. The standard InChI is InChI=1S/C29H29N7O4/c1-2-40-23-13-12-18-10-6-7-11-19(18)21(23)16-36(22(24(37)27(38)39)14-17-8-4-3-5-9-17)29-32-15-20-25(30)33-28(31)34-26(20)35-29/h3-13,15,22,24,37H,2,14,16H2,1H3,(H,38,39)(H4,30,31,32,33,34,35). The van der Waals surface area contributed by atoms with Gasteiger partial charge in [-0.05, 0) is 35.7 Å². The van der Waals surface area contributed by atoms with Crippen molar-refractivity contribution >= 4 is 45.5 Å². The molecule has 0 aliphatic rings. The van der Waals surface area contributed by atoms with Crippen LogP contribution in [-0.4, -0.2) is 54.9 Å². The molecule has 0 aliphatic carbocycles. The van der Waals surface area contributed by atoms with Crippen molar-refractivity contribution in [3.8, 4) is 5.75 Å². The van der Waals surface area contributed by atoms with E-state index in [1.54, 1.807) is 4.90 Å². The quantitative estimate of drug-likeness (QED) is 0.205. The summed E-state index contributed by atoms with van der Waals surface area (Å²) in [5.74, 6) is -0.529. The number of hydrogen-bond acceptors (Lipinski definition) is 10. The molecule has 6 N–H and O–H groups in total. The largest absolute Gasteiger partial charge is 0.494 e. The van der Waals surface area contributed by atoms with E-state index in [0.29, 0.717) is 17.7 Å². The summed E-state index contributed by atoms with van der Waals surface area (Å²) >= 11 is 0. The zero-order valence-electron chi connectivity index (χ0n) is 21.8. The Bertz CT molecular complexity index is 1670. The van der Waals surface area contributed by atoms with Crippen LogP contribution in [0.3, 0.4) is 0 Å². The number of carboxylic acids is 1. The van der Waals surface area contributed by atoms with Gasteiger partial charge in [-0.1, -0.05) is 60.7 Å². The highest BCUT2D eigenvalue weighted by atomic mass is 16.5. The average molecular weight is 540 g/mol. The highest BCUT2D eigenvalue weighted by Gasteiger charge is 2.34. The lowest BCUT2D eigenvalue weighted by molar-refractivity contribution is -0.147. The van der Waals surface area contributed by atoms with Crippen molar-refractivity contribution in [3.63, 3.8) is 0 Å². The van der Waals surface area contributed by atoms with Gasteiger partial charge in [-0.25, -0.2) is 9.78 Å². The fourth-order valence-electron chi connectivity index (χ4n) is 4.77. The number of hydrogen-bond donors (Lipinski definition) is 4. The monoisotopic (exact) mass is 539 g/mol. The number of nitrogen functional groups attached to an aromatic ring is 2. The number of rotatable bonds is 10. The number of aliphatic hydroxyl groups excluding tert-OH is 1. The average Bonchev–Trinajstić information content (AvgIpc) is 2.95. The van der Waals surface area contributed by atoms with Gasteiger partial charge >= 0.3 is 5.97 Å². The Morgan fingerprint density at radius 2 is 1.73 bits per heavy atom. The molecule has 11 nitrogen and oxygen atoms in total. The number of benzene rings is 3. The summed E-state index contributed by atoms with van der Waals surface area (Å²) in [4.78, 5) is 31.2. The van der Waals surface area contributed by atoms with E-state index in [2.05, 4.69) is 19.9 Å². The first-order chi connectivity index (χ1) is 19.4. The molecular weight excluding hydrogens is 510 g/mol. The molecule has 0 saturated heterocycles. The first-order valence-corrected chi connectivity index (χ1v) is 12.8. The number of nitrogens with two attached hydrogens (primary N) is 2. The zero-order chi connectivity index (χ0) is 28.2. The maximum atomic E-state index is 12.2. The number of aliphatic hydroxyl groups is 1. The lowest BCUT2D eigenvalue weighted by Gasteiger charge is -2.34. The summed E-state index contributed by atoms with van der Waals surface area (Å²) in [6, 6.07) is 20.0. The molecule has 0 fully saturated rings. The van der Waals surface area contributed by atoms with Gasteiger partial charge < -0.3 is 31.3 Å². The number of nitrogens with zero attached hydrogens (tertiary/aromatic N) is 5. The smallest absolute Gasteiger partial charge is 0.334 e. The molecule has 204 valence electrons. The van der Waals surface area contributed by atoms with Crippen LogP contribution in [0.25, 0.3) is 21.8 Å². The third-order valence-corrected chi connectivity index (χ3v) is 6.68. The van der Waals surface area contributed by atoms with Gasteiger partial charge in [0.2, 0.25) is 11.9 Å². The third kappa shape index (κ3) is 5.40. The molecular formula is C29H29N7O4. The minimum Gasteiger partial charge on any atom is -0.494 e. The minimum absolute atomic E-state index is 0.0553. The van der Waals surface area contributed by atoms with Crippen LogP contribution in [0.1, 0.15) is 18.1 Å². The first kappa shape index (κ1) is 26.6. The molecule has 2 unspecified atom stereocenters. The fraction of sp³-hybridized carbons (Fsp3) is 0.207. The van der Waals surface area contributed by atoms with Crippen LogP contribution in [0.5, 0.6) is 5.75 Å². The van der Waals surface area contributed by atoms with E-state index in [0.717, 1.165) is 21.9 Å². The highest BCUT2D eigenvalue weighted by molar-refractivity contribution is 5.88. The Hall–Kier alpha value is -5.03. The highest BCUT2D eigenvalue weighted by Crippen LogP contribution is 2.32. The van der Waals surface area contributed by atoms with E-state index >= 15 is 0 Å². The van der Waals surface area contributed by atoms with Crippen molar-refractivity contribution in [1.82, 2.24) is 19.9 Å². The van der Waals surface area contributed by atoms with E-state index in [-0.39, 0.29) is 36.3 Å². The van der Waals surface area contributed by atoms with Crippen LogP contribution in [0.15, 0.2) is 72.9 Å². The molecule has 2 atom stereocenters. The summed E-state index contributed by atoms with van der Waals surface area (Å²) in [5.41, 5.74) is 13.7. The van der Waals surface area contributed by atoms with Crippen molar-refractivity contribution in [2.45, 2.75) is 32.0 Å². The number of ether oxygens (including phenoxy) is 1. The molecule has 0 amide bonds. The number of carbonyl (C=O) groups is 1. The maximum absolute atomic E-state index is 12.2. The Kier molecular flexibility index (Phi) is 7.56. The van der Waals surface area contributed by atoms with Gasteiger partial charge in [-0.15, -0.1) is 0 Å². The maximum Gasteiger partial charge on any atom is 0.334 e. The lowest BCUT2D eigenvalue weighted by Crippen LogP contribution is -2.49. The zero-order valence-corrected chi connectivity index (χ0v) is 21.8. The van der Waals surface area contributed by atoms with Gasteiger partial charge in [0.1, 0.15) is 11.6 Å². The normalized spacial score (nSPS) is 12.8. The van der Waals surface area contributed by atoms with E-state index < -0.39 is 18.1 Å². The number of fused-ring (bicyclic) bond motifs is 2. The molecule has 40 heavy (non-hydrogen) atoms. The second-order valence-corrected chi connectivity index (χ2v) is 9.24. The third-order valence-electron chi connectivity index (χ3n) is 6.68. The van der Waals surface area contributed by atoms with Gasteiger partial charge in [0.05, 0.1) is 24.6 Å². The summed E-state index contributed by atoms with van der Waals surface area (Å²) in [7, 11) is 0. The second kappa shape index (κ2) is 11.4. The van der Waals surface area contributed by atoms with Gasteiger partial charge in [0, 0.05) is 11.8 Å². The van der Waals surface area contributed by atoms with Crippen LogP contribution in [0.2, 0.25) is 0 Å². The molecule has 0 bridgehead atoms.